The number of ether oxygens (including phenoxy) is 1. The number of benzene rings is 1. The predicted molar refractivity (Wildman–Crippen MR) is 73.8 cm³/mol. The van der Waals surface area contributed by atoms with E-state index in [2.05, 4.69) is 9.97 Å². The number of carboxylic acid groups (broad SMARTS) is 1. The number of para-hydroxylation sites is 1. The number of methoxy groups -OCH3 is 1. The molecule has 1 aromatic heterocycles. The van der Waals surface area contributed by atoms with Crippen LogP contribution >= 0.6 is 0 Å². The number of carboxylic acids is 1. The zero-order chi connectivity index (χ0) is 14.5. The van der Waals surface area contributed by atoms with Gasteiger partial charge in [0, 0.05) is 5.69 Å². The van der Waals surface area contributed by atoms with E-state index in [1.54, 1.807) is 13.2 Å². The monoisotopic (exact) mass is 272 g/mol. The smallest absolute Gasteiger partial charge is 0.312 e. The Labute approximate surface area is 117 Å². The summed E-state index contributed by atoms with van der Waals surface area (Å²) >= 11 is 0. The SMILES string of the molecule is COc1ccccc1CC(C(=O)O)c1cc(C)ncn1. The molecule has 0 radical (unpaired) electrons. The first-order valence-electron chi connectivity index (χ1n) is 6.25. The fourth-order valence-corrected chi connectivity index (χ4v) is 2.08. The first-order valence-corrected chi connectivity index (χ1v) is 6.25. The molecule has 0 spiro atoms. The molecular weight excluding hydrogens is 256 g/mol. The topological polar surface area (TPSA) is 72.3 Å². The molecule has 0 amide bonds. The van der Waals surface area contributed by atoms with Gasteiger partial charge < -0.3 is 9.84 Å². The van der Waals surface area contributed by atoms with Gasteiger partial charge in [0.1, 0.15) is 18.0 Å². The van der Waals surface area contributed by atoms with E-state index in [1.165, 1.54) is 6.33 Å². The Hall–Kier alpha value is -2.43. The number of aliphatic carboxylic acids is 1. The largest absolute Gasteiger partial charge is 0.496 e. The lowest BCUT2D eigenvalue weighted by Crippen LogP contribution is -2.16. The lowest BCUT2D eigenvalue weighted by atomic mass is 9.95. The number of carbonyl (C=O) groups is 1. The second-order valence-electron chi connectivity index (χ2n) is 4.49. The molecule has 0 aliphatic heterocycles. The van der Waals surface area contributed by atoms with Gasteiger partial charge in [0.15, 0.2) is 0 Å². The van der Waals surface area contributed by atoms with Gasteiger partial charge in [0.25, 0.3) is 0 Å². The van der Waals surface area contributed by atoms with E-state index < -0.39 is 11.9 Å². The van der Waals surface area contributed by atoms with Gasteiger partial charge in [-0.1, -0.05) is 18.2 Å². The van der Waals surface area contributed by atoms with Crippen molar-refractivity contribution in [1.29, 1.82) is 0 Å². The van der Waals surface area contributed by atoms with Crippen molar-refractivity contribution in [2.24, 2.45) is 0 Å². The summed E-state index contributed by atoms with van der Waals surface area (Å²) in [6.07, 6.45) is 1.72. The number of aryl methyl sites for hydroxylation is 1. The Morgan fingerprint density at radius 3 is 2.75 bits per heavy atom. The van der Waals surface area contributed by atoms with Crippen LogP contribution in [0.1, 0.15) is 22.9 Å². The van der Waals surface area contributed by atoms with E-state index in [1.807, 2.05) is 31.2 Å². The van der Waals surface area contributed by atoms with E-state index in [0.29, 0.717) is 17.9 Å². The van der Waals surface area contributed by atoms with E-state index in [0.717, 1.165) is 11.3 Å². The molecule has 1 N–H and O–H groups in total. The Balaban J connectivity index is 2.33. The third-order valence-corrected chi connectivity index (χ3v) is 3.10. The van der Waals surface area contributed by atoms with Gasteiger partial charge in [-0.3, -0.25) is 4.79 Å². The molecule has 0 bridgehead atoms. The zero-order valence-electron chi connectivity index (χ0n) is 11.4. The third-order valence-electron chi connectivity index (χ3n) is 3.10. The van der Waals surface area contributed by atoms with Crippen molar-refractivity contribution in [3.63, 3.8) is 0 Å². The van der Waals surface area contributed by atoms with Crippen molar-refractivity contribution in [2.75, 3.05) is 7.11 Å². The molecule has 0 fully saturated rings. The Morgan fingerprint density at radius 2 is 2.10 bits per heavy atom. The van der Waals surface area contributed by atoms with E-state index in [4.69, 9.17) is 4.74 Å². The minimum atomic E-state index is -0.908. The Kier molecular flexibility index (Phi) is 4.30. The van der Waals surface area contributed by atoms with Gasteiger partial charge >= 0.3 is 5.97 Å². The van der Waals surface area contributed by atoms with Crippen molar-refractivity contribution >= 4 is 5.97 Å². The van der Waals surface area contributed by atoms with Crippen molar-refractivity contribution in [1.82, 2.24) is 9.97 Å². The molecule has 1 heterocycles. The molecule has 2 rings (SSSR count). The quantitative estimate of drug-likeness (QED) is 0.903. The molecule has 0 aliphatic carbocycles. The molecule has 0 aliphatic rings. The van der Waals surface area contributed by atoms with Gasteiger partial charge in [0.05, 0.1) is 12.8 Å². The predicted octanol–water partition coefficient (Wildman–Crippen LogP) is 2.20. The number of hydrogen-bond donors (Lipinski definition) is 1. The molecule has 1 unspecified atom stereocenters. The molecule has 1 atom stereocenters. The van der Waals surface area contributed by atoms with E-state index in [-0.39, 0.29) is 0 Å². The van der Waals surface area contributed by atoms with E-state index in [9.17, 15) is 9.90 Å². The van der Waals surface area contributed by atoms with Gasteiger partial charge in [-0.15, -0.1) is 0 Å². The van der Waals surface area contributed by atoms with Gasteiger partial charge in [-0.2, -0.15) is 0 Å². The summed E-state index contributed by atoms with van der Waals surface area (Å²) in [6, 6.07) is 9.10. The van der Waals surface area contributed by atoms with Crippen LogP contribution in [0.15, 0.2) is 36.7 Å². The van der Waals surface area contributed by atoms with Crippen molar-refractivity contribution in [3.05, 3.63) is 53.6 Å². The molecule has 5 heteroatoms. The summed E-state index contributed by atoms with van der Waals surface area (Å²) < 4.78 is 5.26. The summed E-state index contributed by atoms with van der Waals surface area (Å²) in [6.45, 7) is 1.81. The van der Waals surface area contributed by atoms with Crippen LogP contribution in [0.25, 0.3) is 0 Å². The standard InChI is InChI=1S/C15H16N2O3/c1-10-7-13(17-9-16-10)12(15(18)19)8-11-5-3-4-6-14(11)20-2/h3-7,9,12H,8H2,1-2H3,(H,18,19). The first kappa shape index (κ1) is 14.0. The maximum atomic E-state index is 11.5. The second kappa shape index (κ2) is 6.14. The molecule has 5 nitrogen and oxygen atoms in total. The summed E-state index contributed by atoms with van der Waals surface area (Å²) in [5.74, 6) is -0.938. The van der Waals surface area contributed by atoms with Crippen LogP contribution in [-0.4, -0.2) is 28.2 Å². The second-order valence-corrected chi connectivity index (χ2v) is 4.49. The maximum absolute atomic E-state index is 11.5. The Morgan fingerprint density at radius 1 is 1.35 bits per heavy atom. The molecule has 0 saturated carbocycles. The highest BCUT2D eigenvalue weighted by Gasteiger charge is 2.23. The summed E-state index contributed by atoms with van der Waals surface area (Å²) in [4.78, 5) is 19.6. The average Bonchev–Trinajstić information content (AvgIpc) is 2.44. The molecule has 2 aromatic rings. The lowest BCUT2D eigenvalue weighted by Gasteiger charge is -2.14. The minimum absolute atomic E-state index is 0.329. The normalized spacial score (nSPS) is 11.9. The fraction of sp³-hybridized carbons (Fsp3) is 0.267. The number of nitrogens with zero attached hydrogens (tertiary/aromatic N) is 2. The van der Waals surface area contributed by atoms with Crippen LogP contribution < -0.4 is 4.74 Å². The molecule has 0 saturated heterocycles. The summed E-state index contributed by atoms with van der Waals surface area (Å²) in [7, 11) is 1.57. The van der Waals surface area contributed by atoms with Gasteiger partial charge in [-0.25, -0.2) is 9.97 Å². The molecule has 20 heavy (non-hydrogen) atoms. The van der Waals surface area contributed by atoms with Crippen molar-refractivity contribution in [2.45, 2.75) is 19.3 Å². The number of hydrogen-bond acceptors (Lipinski definition) is 4. The van der Waals surface area contributed by atoms with Crippen LogP contribution in [0.4, 0.5) is 0 Å². The van der Waals surface area contributed by atoms with Crippen LogP contribution in [0.3, 0.4) is 0 Å². The highest BCUT2D eigenvalue weighted by atomic mass is 16.5. The lowest BCUT2D eigenvalue weighted by molar-refractivity contribution is -0.138. The van der Waals surface area contributed by atoms with Crippen LogP contribution in [-0.2, 0) is 11.2 Å². The van der Waals surface area contributed by atoms with Gasteiger partial charge in [0.2, 0.25) is 0 Å². The van der Waals surface area contributed by atoms with E-state index >= 15 is 0 Å². The highest BCUT2D eigenvalue weighted by molar-refractivity contribution is 5.76. The third kappa shape index (κ3) is 3.12. The zero-order valence-corrected chi connectivity index (χ0v) is 11.4. The summed E-state index contributed by atoms with van der Waals surface area (Å²) in [5.41, 5.74) is 2.11. The van der Waals surface area contributed by atoms with Gasteiger partial charge in [-0.05, 0) is 31.0 Å². The molecule has 1 aromatic carbocycles. The highest BCUT2D eigenvalue weighted by Crippen LogP contribution is 2.25. The van der Waals surface area contributed by atoms with Crippen molar-refractivity contribution < 1.29 is 14.6 Å². The van der Waals surface area contributed by atoms with Crippen LogP contribution in [0, 0.1) is 6.92 Å². The summed E-state index contributed by atoms with van der Waals surface area (Å²) in [5, 5.41) is 9.44. The average molecular weight is 272 g/mol. The van der Waals surface area contributed by atoms with Crippen LogP contribution in [0.2, 0.25) is 0 Å². The van der Waals surface area contributed by atoms with Crippen molar-refractivity contribution in [3.8, 4) is 5.75 Å². The minimum Gasteiger partial charge on any atom is -0.496 e. The number of aromatic nitrogens is 2. The maximum Gasteiger partial charge on any atom is 0.312 e. The first-order chi connectivity index (χ1) is 9.61. The number of rotatable bonds is 5. The fourth-order valence-electron chi connectivity index (χ4n) is 2.08. The van der Waals surface area contributed by atoms with Crippen LogP contribution in [0.5, 0.6) is 5.75 Å². The molecule has 104 valence electrons. The molecular formula is C15H16N2O3. The Bertz CT molecular complexity index is 614.